The van der Waals surface area contributed by atoms with Gasteiger partial charge in [0, 0.05) is 18.2 Å². The van der Waals surface area contributed by atoms with E-state index in [2.05, 4.69) is 10.2 Å². The van der Waals surface area contributed by atoms with Crippen molar-refractivity contribution in [1.29, 1.82) is 0 Å². The molecule has 1 saturated heterocycles. The van der Waals surface area contributed by atoms with Gasteiger partial charge in [-0.05, 0) is 50.9 Å². The van der Waals surface area contributed by atoms with Crippen LogP contribution >= 0.6 is 0 Å². The van der Waals surface area contributed by atoms with Gasteiger partial charge in [-0.15, -0.1) is 0 Å². The average Bonchev–Trinajstić information content (AvgIpc) is 2.66. The SMILES string of the molecule is O=C(COc1cccc(F)c1)NCC1(N2CCCCC2)CCCCC1. The predicted molar refractivity (Wildman–Crippen MR) is 96.1 cm³/mol. The number of nitrogens with one attached hydrogen (secondary N) is 1. The third kappa shape index (κ3) is 4.94. The number of hydrogen-bond donors (Lipinski definition) is 1. The second-order valence-corrected chi connectivity index (χ2v) is 7.36. The van der Waals surface area contributed by atoms with Gasteiger partial charge in [0.1, 0.15) is 11.6 Å². The Kier molecular flexibility index (Phi) is 6.29. The van der Waals surface area contributed by atoms with Crippen LogP contribution in [0.3, 0.4) is 0 Å². The van der Waals surface area contributed by atoms with E-state index >= 15 is 0 Å². The summed E-state index contributed by atoms with van der Waals surface area (Å²) in [5.74, 6) is -0.103. The molecule has 0 spiro atoms. The molecule has 4 nitrogen and oxygen atoms in total. The quantitative estimate of drug-likeness (QED) is 0.855. The van der Waals surface area contributed by atoms with Crippen molar-refractivity contribution in [2.24, 2.45) is 0 Å². The molecule has 0 bridgehead atoms. The molecule has 0 atom stereocenters. The lowest BCUT2D eigenvalue weighted by atomic mass is 9.79. The van der Waals surface area contributed by atoms with E-state index in [4.69, 9.17) is 4.74 Å². The molecule has 0 unspecified atom stereocenters. The third-order valence-corrected chi connectivity index (χ3v) is 5.59. The van der Waals surface area contributed by atoms with E-state index < -0.39 is 0 Å². The fourth-order valence-corrected chi connectivity index (χ4v) is 4.20. The normalized spacial score (nSPS) is 20.8. The number of carbonyl (C=O) groups is 1. The highest BCUT2D eigenvalue weighted by Crippen LogP contribution is 2.35. The second kappa shape index (κ2) is 8.65. The lowest BCUT2D eigenvalue weighted by Crippen LogP contribution is -2.58. The maximum absolute atomic E-state index is 13.2. The molecule has 1 N–H and O–H groups in total. The zero-order valence-corrected chi connectivity index (χ0v) is 14.9. The first kappa shape index (κ1) is 18.2. The topological polar surface area (TPSA) is 41.6 Å². The maximum atomic E-state index is 13.2. The number of piperidine rings is 1. The van der Waals surface area contributed by atoms with E-state index in [-0.39, 0.29) is 23.9 Å². The van der Waals surface area contributed by atoms with E-state index in [0.29, 0.717) is 12.3 Å². The predicted octanol–water partition coefficient (Wildman–Crippen LogP) is 3.51. The lowest BCUT2D eigenvalue weighted by molar-refractivity contribution is -0.124. The number of halogens is 1. The van der Waals surface area contributed by atoms with Crippen molar-refractivity contribution in [1.82, 2.24) is 10.2 Å². The summed E-state index contributed by atoms with van der Waals surface area (Å²) in [5, 5.41) is 3.08. The minimum absolute atomic E-state index is 0.0699. The molecule has 1 heterocycles. The summed E-state index contributed by atoms with van der Waals surface area (Å²) in [4.78, 5) is 14.8. The Morgan fingerprint density at radius 1 is 1.12 bits per heavy atom. The number of benzene rings is 1. The third-order valence-electron chi connectivity index (χ3n) is 5.59. The Morgan fingerprint density at radius 2 is 1.84 bits per heavy atom. The number of amides is 1. The van der Waals surface area contributed by atoms with E-state index in [1.807, 2.05) is 0 Å². The summed E-state index contributed by atoms with van der Waals surface area (Å²) in [5.41, 5.74) is 0.118. The molecule has 1 aliphatic carbocycles. The van der Waals surface area contributed by atoms with Gasteiger partial charge in [0.25, 0.3) is 5.91 Å². The van der Waals surface area contributed by atoms with Crippen LogP contribution in [0, 0.1) is 5.82 Å². The molecule has 1 aromatic rings. The number of likely N-dealkylation sites (tertiary alicyclic amines) is 1. The van der Waals surface area contributed by atoms with Crippen molar-refractivity contribution >= 4 is 5.91 Å². The molecule has 5 heteroatoms. The van der Waals surface area contributed by atoms with Crippen molar-refractivity contribution in [2.75, 3.05) is 26.2 Å². The van der Waals surface area contributed by atoms with Gasteiger partial charge in [0.05, 0.1) is 0 Å². The summed E-state index contributed by atoms with van der Waals surface area (Å²) in [6, 6.07) is 5.89. The molecule has 0 radical (unpaired) electrons. The molecular formula is C20H29FN2O2. The lowest BCUT2D eigenvalue weighted by Gasteiger charge is -2.48. The Bertz CT molecular complexity index is 567. The van der Waals surface area contributed by atoms with Crippen molar-refractivity contribution in [3.63, 3.8) is 0 Å². The number of carbonyl (C=O) groups excluding carboxylic acids is 1. The molecule has 2 fully saturated rings. The second-order valence-electron chi connectivity index (χ2n) is 7.36. The van der Waals surface area contributed by atoms with E-state index in [1.54, 1.807) is 12.1 Å². The minimum Gasteiger partial charge on any atom is -0.484 e. The first-order chi connectivity index (χ1) is 12.2. The van der Waals surface area contributed by atoms with E-state index in [0.717, 1.165) is 25.9 Å². The average molecular weight is 348 g/mol. The molecule has 1 aliphatic heterocycles. The van der Waals surface area contributed by atoms with Gasteiger partial charge in [-0.25, -0.2) is 4.39 Å². The Hall–Kier alpha value is -1.62. The van der Waals surface area contributed by atoms with Crippen molar-refractivity contribution in [3.05, 3.63) is 30.1 Å². The Balaban J connectivity index is 1.52. The van der Waals surface area contributed by atoms with Gasteiger partial charge in [-0.1, -0.05) is 31.7 Å². The Morgan fingerprint density at radius 3 is 2.56 bits per heavy atom. The fraction of sp³-hybridized carbons (Fsp3) is 0.650. The van der Waals surface area contributed by atoms with Gasteiger partial charge < -0.3 is 10.1 Å². The summed E-state index contributed by atoms with van der Waals surface area (Å²) in [7, 11) is 0. The zero-order chi connectivity index (χ0) is 17.5. The van der Waals surface area contributed by atoms with Crippen LogP contribution in [0.4, 0.5) is 4.39 Å². The minimum atomic E-state index is -0.357. The Labute approximate surface area is 149 Å². The van der Waals surface area contributed by atoms with E-state index in [1.165, 1.54) is 50.7 Å². The highest BCUT2D eigenvalue weighted by Gasteiger charge is 2.38. The first-order valence-corrected chi connectivity index (χ1v) is 9.58. The highest BCUT2D eigenvalue weighted by atomic mass is 19.1. The van der Waals surface area contributed by atoms with Gasteiger partial charge in [-0.2, -0.15) is 0 Å². The van der Waals surface area contributed by atoms with E-state index in [9.17, 15) is 9.18 Å². The molecule has 1 saturated carbocycles. The molecule has 1 aromatic carbocycles. The van der Waals surface area contributed by atoms with Gasteiger partial charge >= 0.3 is 0 Å². The van der Waals surface area contributed by atoms with Crippen LogP contribution in [-0.2, 0) is 4.79 Å². The zero-order valence-electron chi connectivity index (χ0n) is 14.9. The number of ether oxygens (including phenoxy) is 1. The van der Waals surface area contributed by atoms with Crippen LogP contribution < -0.4 is 10.1 Å². The maximum Gasteiger partial charge on any atom is 0.258 e. The molecular weight excluding hydrogens is 319 g/mol. The van der Waals surface area contributed by atoms with Crippen molar-refractivity contribution in [2.45, 2.75) is 56.9 Å². The number of hydrogen-bond acceptors (Lipinski definition) is 3. The van der Waals surface area contributed by atoms with Crippen LogP contribution in [-0.4, -0.2) is 42.6 Å². The van der Waals surface area contributed by atoms with Crippen LogP contribution in [0.25, 0.3) is 0 Å². The van der Waals surface area contributed by atoms with Crippen LogP contribution in [0.5, 0.6) is 5.75 Å². The van der Waals surface area contributed by atoms with Crippen LogP contribution in [0.1, 0.15) is 51.4 Å². The molecule has 25 heavy (non-hydrogen) atoms. The molecule has 1 amide bonds. The van der Waals surface area contributed by atoms with Crippen LogP contribution in [0.15, 0.2) is 24.3 Å². The molecule has 0 aromatic heterocycles. The number of rotatable bonds is 6. The summed E-state index contributed by atoms with van der Waals surface area (Å²) in [6.07, 6.45) is 9.96. The van der Waals surface area contributed by atoms with Gasteiger partial charge in [0.2, 0.25) is 0 Å². The largest absolute Gasteiger partial charge is 0.484 e. The monoisotopic (exact) mass is 348 g/mol. The summed E-state index contributed by atoms with van der Waals surface area (Å²) in [6.45, 7) is 2.92. The molecule has 2 aliphatic rings. The molecule has 3 rings (SSSR count). The highest BCUT2D eigenvalue weighted by molar-refractivity contribution is 5.77. The first-order valence-electron chi connectivity index (χ1n) is 9.58. The fourth-order valence-electron chi connectivity index (χ4n) is 4.20. The number of nitrogens with zero attached hydrogens (tertiary/aromatic N) is 1. The standard InChI is InChI=1S/C20H29FN2O2/c21-17-8-7-9-18(14-17)25-15-19(24)22-16-20(10-3-1-4-11-20)23-12-5-2-6-13-23/h7-9,14H,1-6,10-13,15-16H2,(H,22,24). The van der Waals surface area contributed by atoms with Crippen molar-refractivity contribution < 1.29 is 13.9 Å². The summed E-state index contributed by atoms with van der Waals surface area (Å²) >= 11 is 0. The van der Waals surface area contributed by atoms with Crippen molar-refractivity contribution in [3.8, 4) is 5.75 Å². The molecule has 138 valence electrons. The summed E-state index contributed by atoms with van der Waals surface area (Å²) < 4.78 is 18.6. The van der Waals surface area contributed by atoms with Gasteiger partial charge in [-0.3, -0.25) is 9.69 Å². The van der Waals surface area contributed by atoms with Crippen LogP contribution in [0.2, 0.25) is 0 Å². The van der Waals surface area contributed by atoms with Gasteiger partial charge in [0.15, 0.2) is 6.61 Å². The smallest absolute Gasteiger partial charge is 0.258 e.